The molecule has 1 N–H and O–H groups in total. The van der Waals surface area contributed by atoms with E-state index in [0.29, 0.717) is 17.4 Å². The smallest absolute Gasteiger partial charge is 0.311 e. The Balaban J connectivity index is 1.64. The largest absolute Gasteiger partial charge is 0.466 e. The Bertz CT molecular complexity index is 837. The standard InChI is InChI=1S/C18H17N3O2S2/c1-2-23-17(22)10-13-12-24-18(20-13)21-16-11-15(8-9-19-16)25-14-6-4-3-5-7-14/h3-9,11-12H,2,10H2,1H3,(H,19,20,21). The number of esters is 1. The van der Waals surface area contributed by atoms with Crippen molar-refractivity contribution in [2.45, 2.75) is 23.1 Å². The van der Waals surface area contributed by atoms with Crippen molar-refractivity contribution in [3.63, 3.8) is 0 Å². The fraction of sp³-hybridized carbons (Fsp3) is 0.167. The van der Waals surface area contributed by atoms with Gasteiger partial charge in [-0.25, -0.2) is 9.97 Å². The summed E-state index contributed by atoms with van der Waals surface area (Å²) in [5.74, 6) is 0.455. The molecule has 128 valence electrons. The molecule has 0 atom stereocenters. The van der Waals surface area contributed by atoms with Gasteiger partial charge in [-0.15, -0.1) is 11.3 Å². The molecule has 3 aromatic rings. The molecule has 0 aliphatic carbocycles. The van der Waals surface area contributed by atoms with Gasteiger partial charge in [0.2, 0.25) is 0 Å². The zero-order chi connectivity index (χ0) is 17.5. The van der Waals surface area contributed by atoms with Crippen LogP contribution in [0.4, 0.5) is 10.9 Å². The third kappa shape index (κ3) is 5.30. The average molecular weight is 371 g/mol. The maximum atomic E-state index is 11.5. The van der Waals surface area contributed by atoms with Gasteiger partial charge in [-0.1, -0.05) is 30.0 Å². The van der Waals surface area contributed by atoms with Crippen molar-refractivity contribution in [3.05, 3.63) is 59.7 Å². The molecule has 7 heteroatoms. The third-order valence-electron chi connectivity index (χ3n) is 3.13. The van der Waals surface area contributed by atoms with Gasteiger partial charge in [-0.2, -0.15) is 0 Å². The number of hydrogen-bond donors (Lipinski definition) is 1. The third-order valence-corrected chi connectivity index (χ3v) is 4.93. The van der Waals surface area contributed by atoms with Gasteiger partial charge in [-0.3, -0.25) is 4.79 Å². The number of carbonyl (C=O) groups is 1. The van der Waals surface area contributed by atoms with Crippen LogP contribution in [0.2, 0.25) is 0 Å². The predicted octanol–water partition coefficient (Wildman–Crippen LogP) is 4.54. The minimum atomic E-state index is -0.265. The summed E-state index contributed by atoms with van der Waals surface area (Å²) in [7, 11) is 0. The molecular formula is C18H17N3O2S2. The van der Waals surface area contributed by atoms with Gasteiger partial charge < -0.3 is 10.1 Å². The van der Waals surface area contributed by atoms with Gasteiger partial charge in [0.1, 0.15) is 5.82 Å². The van der Waals surface area contributed by atoms with Crippen LogP contribution >= 0.6 is 23.1 Å². The van der Waals surface area contributed by atoms with E-state index in [1.807, 2.05) is 35.7 Å². The van der Waals surface area contributed by atoms with Crippen LogP contribution in [-0.2, 0) is 16.0 Å². The molecule has 0 amide bonds. The molecule has 0 saturated carbocycles. The number of benzene rings is 1. The molecule has 1 aromatic carbocycles. The highest BCUT2D eigenvalue weighted by Gasteiger charge is 2.09. The summed E-state index contributed by atoms with van der Waals surface area (Å²) in [5, 5.41) is 5.74. The van der Waals surface area contributed by atoms with Crippen LogP contribution in [0.15, 0.2) is 63.8 Å². The summed E-state index contributed by atoms with van der Waals surface area (Å²) in [6.07, 6.45) is 1.95. The van der Waals surface area contributed by atoms with E-state index in [2.05, 4.69) is 27.4 Å². The SMILES string of the molecule is CCOC(=O)Cc1csc(Nc2cc(Sc3ccccc3)ccn2)n1. The molecule has 5 nitrogen and oxygen atoms in total. The van der Waals surface area contributed by atoms with Gasteiger partial charge in [0.25, 0.3) is 0 Å². The molecule has 3 rings (SSSR count). The van der Waals surface area contributed by atoms with Crippen molar-refractivity contribution in [3.8, 4) is 0 Å². The van der Waals surface area contributed by atoms with E-state index in [9.17, 15) is 4.79 Å². The minimum Gasteiger partial charge on any atom is -0.466 e. The summed E-state index contributed by atoms with van der Waals surface area (Å²) in [6, 6.07) is 14.1. The van der Waals surface area contributed by atoms with E-state index in [1.54, 1.807) is 24.9 Å². The van der Waals surface area contributed by atoms with E-state index < -0.39 is 0 Å². The number of thiazole rings is 1. The molecule has 2 heterocycles. The summed E-state index contributed by atoms with van der Waals surface area (Å²) in [4.78, 5) is 22.5. The van der Waals surface area contributed by atoms with E-state index in [4.69, 9.17) is 4.74 Å². The molecule has 0 aliphatic rings. The lowest BCUT2D eigenvalue weighted by Crippen LogP contribution is -2.07. The fourth-order valence-electron chi connectivity index (χ4n) is 2.08. The van der Waals surface area contributed by atoms with Crippen molar-refractivity contribution in [1.82, 2.24) is 9.97 Å². The van der Waals surface area contributed by atoms with Crippen LogP contribution in [0.25, 0.3) is 0 Å². The van der Waals surface area contributed by atoms with Crippen LogP contribution in [0.5, 0.6) is 0 Å². The predicted molar refractivity (Wildman–Crippen MR) is 101 cm³/mol. The normalized spacial score (nSPS) is 10.4. The number of ether oxygens (including phenoxy) is 1. The molecule has 0 unspecified atom stereocenters. The Labute approximate surface area is 154 Å². The molecule has 0 fully saturated rings. The Morgan fingerprint density at radius 1 is 1.24 bits per heavy atom. The maximum absolute atomic E-state index is 11.5. The highest BCUT2D eigenvalue weighted by molar-refractivity contribution is 7.99. The molecule has 0 spiro atoms. The van der Waals surface area contributed by atoms with Crippen LogP contribution in [0.1, 0.15) is 12.6 Å². The zero-order valence-corrected chi connectivity index (χ0v) is 15.3. The van der Waals surface area contributed by atoms with Gasteiger partial charge in [0.15, 0.2) is 5.13 Å². The molecule has 2 aromatic heterocycles. The van der Waals surface area contributed by atoms with Crippen LogP contribution in [0, 0.1) is 0 Å². The van der Waals surface area contributed by atoms with Crippen LogP contribution in [0.3, 0.4) is 0 Å². The molecule has 0 radical (unpaired) electrons. The maximum Gasteiger partial charge on any atom is 0.311 e. The van der Waals surface area contributed by atoms with E-state index in [0.717, 1.165) is 10.7 Å². The first-order valence-corrected chi connectivity index (χ1v) is 9.48. The molecule has 25 heavy (non-hydrogen) atoms. The van der Waals surface area contributed by atoms with Crippen LogP contribution in [-0.4, -0.2) is 22.5 Å². The Kier molecular flexibility index (Phi) is 6.03. The fourth-order valence-corrected chi connectivity index (χ4v) is 3.66. The summed E-state index contributed by atoms with van der Waals surface area (Å²) < 4.78 is 4.94. The number of nitrogens with zero attached hydrogens (tertiary/aromatic N) is 2. The number of aromatic nitrogens is 2. The van der Waals surface area contributed by atoms with E-state index in [1.165, 1.54) is 16.2 Å². The minimum absolute atomic E-state index is 0.184. The average Bonchev–Trinajstić information content (AvgIpc) is 3.03. The lowest BCUT2D eigenvalue weighted by Gasteiger charge is -2.05. The number of nitrogens with one attached hydrogen (secondary N) is 1. The van der Waals surface area contributed by atoms with Crippen molar-refractivity contribution >= 4 is 40.0 Å². The topological polar surface area (TPSA) is 64.1 Å². The number of pyridine rings is 1. The first-order chi connectivity index (χ1) is 12.2. The van der Waals surface area contributed by atoms with Crippen molar-refractivity contribution in [2.24, 2.45) is 0 Å². The van der Waals surface area contributed by atoms with Gasteiger partial charge >= 0.3 is 5.97 Å². The quantitative estimate of drug-likeness (QED) is 0.615. The highest BCUT2D eigenvalue weighted by atomic mass is 32.2. The second-order valence-electron chi connectivity index (χ2n) is 5.04. The molecular weight excluding hydrogens is 354 g/mol. The zero-order valence-electron chi connectivity index (χ0n) is 13.6. The van der Waals surface area contributed by atoms with E-state index in [-0.39, 0.29) is 12.4 Å². The monoisotopic (exact) mass is 371 g/mol. The van der Waals surface area contributed by atoms with Crippen LogP contribution < -0.4 is 5.32 Å². The Hall–Kier alpha value is -2.38. The number of anilines is 2. The highest BCUT2D eigenvalue weighted by Crippen LogP contribution is 2.29. The first-order valence-electron chi connectivity index (χ1n) is 7.79. The van der Waals surface area contributed by atoms with Gasteiger partial charge in [0.05, 0.1) is 18.7 Å². The number of rotatable bonds is 7. The number of carbonyl (C=O) groups excluding carboxylic acids is 1. The first kappa shape index (κ1) is 17.4. The summed E-state index contributed by atoms with van der Waals surface area (Å²) >= 11 is 3.11. The van der Waals surface area contributed by atoms with Crippen molar-refractivity contribution < 1.29 is 9.53 Å². The lowest BCUT2D eigenvalue weighted by atomic mass is 10.3. The Morgan fingerprint density at radius 3 is 2.88 bits per heavy atom. The van der Waals surface area contributed by atoms with Gasteiger partial charge in [-0.05, 0) is 31.2 Å². The van der Waals surface area contributed by atoms with Crippen molar-refractivity contribution in [1.29, 1.82) is 0 Å². The molecule has 0 aliphatic heterocycles. The summed E-state index contributed by atoms with van der Waals surface area (Å²) in [6.45, 7) is 2.17. The molecule has 0 bridgehead atoms. The lowest BCUT2D eigenvalue weighted by molar-refractivity contribution is -0.142. The molecule has 0 saturated heterocycles. The Morgan fingerprint density at radius 2 is 2.08 bits per heavy atom. The van der Waals surface area contributed by atoms with E-state index >= 15 is 0 Å². The number of hydrogen-bond acceptors (Lipinski definition) is 7. The van der Waals surface area contributed by atoms with Crippen molar-refractivity contribution in [2.75, 3.05) is 11.9 Å². The second-order valence-corrected chi connectivity index (χ2v) is 7.05. The second kappa shape index (κ2) is 8.64. The van der Waals surface area contributed by atoms with Gasteiger partial charge in [0, 0.05) is 21.4 Å². The summed E-state index contributed by atoms with van der Waals surface area (Å²) in [5.41, 5.74) is 0.695.